The lowest BCUT2D eigenvalue weighted by Crippen LogP contribution is -1.85. The van der Waals surface area contributed by atoms with Crippen LogP contribution in [0.2, 0.25) is 0 Å². The van der Waals surface area contributed by atoms with Crippen LogP contribution in [-0.4, -0.2) is 12.8 Å². The van der Waals surface area contributed by atoms with Gasteiger partial charge in [0.25, 0.3) is 0 Å². The molecule has 0 fully saturated rings. The summed E-state index contributed by atoms with van der Waals surface area (Å²) in [7, 11) is 1.62. The van der Waals surface area contributed by atoms with Gasteiger partial charge in [-0.05, 0) is 13.0 Å². The van der Waals surface area contributed by atoms with Gasteiger partial charge < -0.3 is 0 Å². The molecule has 0 aromatic rings. The largest absolute Gasteiger partial charge is 0.296 e. The zero-order chi connectivity index (χ0) is 5.70. The van der Waals surface area contributed by atoms with Crippen molar-refractivity contribution in [2.75, 3.05) is 7.05 Å². The first kappa shape index (κ1) is 6.21. The maximum absolute atomic E-state index is 10.1. The number of nitrogens with zero attached hydrogens (tertiary/aromatic N) is 1. The van der Waals surface area contributed by atoms with Crippen molar-refractivity contribution < 1.29 is 4.79 Å². The topological polar surface area (TPSA) is 31.2 Å². The summed E-state index contributed by atoms with van der Waals surface area (Å²) in [6, 6.07) is 0. The second-order valence-corrected chi connectivity index (χ2v) is 1.18. The second kappa shape index (κ2) is 3.40. The van der Waals surface area contributed by atoms with Crippen LogP contribution in [-0.2, 0) is 4.79 Å². The van der Waals surface area contributed by atoms with E-state index in [2.05, 4.69) is 5.32 Å². The zero-order valence-electron chi connectivity index (χ0n) is 4.51. The van der Waals surface area contributed by atoms with Gasteiger partial charge in [0.2, 0.25) is 0 Å². The Morgan fingerprint density at radius 3 is 2.43 bits per heavy atom. The maximum Gasteiger partial charge on any atom is 0.154 e. The molecule has 0 saturated carbocycles. The van der Waals surface area contributed by atoms with Crippen LogP contribution in [0.1, 0.15) is 6.92 Å². The smallest absolute Gasteiger partial charge is 0.154 e. The average molecular weight is 98.1 g/mol. The molecule has 0 aliphatic heterocycles. The van der Waals surface area contributed by atoms with Crippen molar-refractivity contribution in [1.29, 1.82) is 0 Å². The quantitative estimate of drug-likeness (QED) is 0.458. The summed E-state index contributed by atoms with van der Waals surface area (Å²) in [5.74, 6) is 0.0330. The third-order valence-electron chi connectivity index (χ3n) is 0.458. The van der Waals surface area contributed by atoms with Crippen LogP contribution in [0.5, 0.6) is 0 Å². The van der Waals surface area contributed by atoms with Crippen molar-refractivity contribution in [2.24, 2.45) is 0 Å². The van der Waals surface area contributed by atoms with Crippen molar-refractivity contribution in [3.63, 3.8) is 0 Å². The lowest BCUT2D eigenvalue weighted by atomic mass is 10.4. The normalized spacial score (nSPS) is 9.43. The van der Waals surface area contributed by atoms with Crippen LogP contribution >= 0.6 is 0 Å². The van der Waals surface area contributed by atoms with Crippen LogP contribution in [0.15, 0.2) is 12.3 Å². The fraction of sp³-hybridized carbons (Fsp3) is 0.400. The Kier molecular flexibility index (Phi) is 3.02. The fourth-order valence-electron chi connectivity index (χ4n) is 0.180. The number of carbonyl (C=O) groups is 1. The van der Waals surface area contributed by atoms with Crippen LogP contribution in [0.3, 0.4) is 0 Å². The highest BCUT2D eigenvalue weighted by Gasteiger charge is 1.75. The molecule has 0 aromatic carbocycles. The van der Waals surface area contributed by atoms with E-state index < -0.39 is 0 Å². The monoisotopic (exact) mass is 98.1 g/mol. The molecule has 0 saturated heterocycles. The summed E-state index contributed by atoms with van der Waals surface area (Å²) >= 11 is 0. The first-order valence-corrected chi connectivity index (χ1v) is 2.03. The minimum absolute atomic E-state index is 0.0330. The Balaban J connectivity index is 3.26. The van der Waals surface area contributed by atoms with E-state index in [4.69, 9.17) is 0 Å². The molecule has 0 aliphatic rings. The molecule has 39 valence electrons. The first-order chi connectivity index (χ1) is 3.27. The molecular formula is C5H8NO. The number of allylic oxidation sites excluding steroid dienone is 1. The molecule has 0 aliphatic carbocycles. The summed E-state index contributed by atoms with van der Waals surface area (Å²) in [6.07, 6.45) is 2.89. The molecule has 2 heteroatoms. The molecule has 0 atom stereocenters. The van der Waals surface area contributed by atoms with Crippen LogP contribution < -0.4 is 5.32 Å². The highest BCUT2D eigenvalue weighted by atomic mass is 16.1. The predicted octanol–water partition coefficient (Wildman–Crippen LogP) is 0.323. The van der Waals surface area contributed by atoms with Gasteiger partial charge in [-0.25, -0.2) is 0 Å². The molecule has 0 N–H and O–H groups in total. The number of hydrogen-bond acceptors (Lipinski definition) is 1. The number of rotatable bonds is 2. The van der Waals surface area contributed by atoms with Gasteiger partial charge in [0.05, 0.1) is 0 Å². The molecule has 0 rings (SSSR count). The number of carbonyl (C=O) groups excluding carboxylic acids is 1. The van der Waals surface area contributed by atoms with E-state index in [1.165, 1.54) is 19.2 Å². The molecule has 2 nitrogen and oxygen atoms in total. The van der Waals surface area contributed by atoms with Gasteiger partial charge >= 0.3 is 0 Å². The molecule has 0 heterocycles. The van der Waals surface area contributed by atoms with E-state index in [0.29, 0.717) is 0 Å². The van der Waals surface area contributed by atoms with Crippen LogP contribution in [0.4, 0.5) is 0 Å². The highest BCUT2D eigenvalue weighted by molar-refractivity contribution is 5.87. The van der Waals surface area contributed by atoms with Gasteiger partial charge in [-0.3, -0.25) is 10.1 Å². The van der Waals surface area contributed by atoms with Gasteiger partial charge in [-0.1, -0.05) is 0 Å². The second-order valence-electron chi connectivity index (χ2n) is 1.18. The standard InChI is InChI=1S/C5H8NO/c1-5(7)3-4-6-2/h3-4H,1-2H3. The maximum atomic E-state index is 10.1. The van der Waals surface area contributed by atoms with E-state index in [9.17, 15) is 4.79 Å². The molecule has 7 heavy (non-hydrogen) atoms. The summed E-state index contributed by atoms with van der Waals surface area (Å²) in [5.41, 5.74) is 0. The molecule has 0 amide bonds. The van der Waals surface area contributed by atoms with Gasteiger partial charge in [0.15, 0.2) is 5.78 Å². The summed E-state index contributed by atoms with van der Waals surface area (Å²) in [5, 5.41) is 3.57. The van der Waals surface area contributed by atoms with E-state index in [0.717, 1.165) is 0 Å². The molecule has 0 unspecified atom stereocenters. The third kappa shape index (κ3) is 5.21. The summed E-state index contributed by atoms with van der Waals surface area (Å²) < 4.78 is 0. The van der Waals surface area contributed by atoms with Gasteiger partial charge in [0.1, 0.15) is 0 Å². The lowest BCUT2D eigenvalue weighted by molar-refractivity contribution is -0.112. The Labute approximate surface area is 43.2 Å². The van der Waals surface area contributed by atoms with Gasteiger partial charge in [-0.15, -0.1) is 0 Å². The summed E-state index contributed by atoms with van der Waals surface area (Å²) in [6.45, 7) is 1.49. The summed E-state index contributed by atoms with van der Waals surface area (Å²) in [4.78, 5) is 10.1. The predicted molar refractivity (Wildman–Crippen MR) is 27.9 cm³/mol. The Morgan fingerprint density at radius 2 is 2.29 bits per heavy atom. The van der Waals surface area contributed by atoms with E-state index in [1.807, 2.05) is 0 Å². The molecular weight excluding hydrogens is 90.1 g/mol. The minimum Gasteiger partial charge on any atom is -0.296 e. The Bertz CT molecular complexity index is 86.1. The SMILES string of the molecule is C[N]C=CC(C)=O. The fourth-order valence-corrected chi connectivity index (χ4v) is 0.180. The van der Waals surface area contributed by atoms with E-state index in [1.54, 1.807) is 7.05 Å². The Morgan fingerprint density at radius 1 is 1.71 bits per heavy atom. The molecule has 0 bridgehead atoms. The van der Waals surface area contributed by atoms with Gasteiger partial charge in [0, 0.05) is 13.2 Å². The average Bonchev–Trinajstić information content (AvgIpc) is 1.61. The van der Waals surface area contributed by atoms with Crippen molar-refractivity contribution in [3.8, 4) is 0 Å². The van der Waals surface area contributed by atoms with Crippen molar-refractivity contribution in [2.45, 2.75) is 6.92 Å². The van der Waals surface area contributed by atoms with Crippen LogP contribution in [0.25, 0.3) is 0 Å². The number of ketones is 1. The van der Waals surface area contributed by atoms with Crippen molar-refractivity contribution >= 4 is 5.78 Å². The molecule has 1 radical (unpaired) electrons. The first-order valence-electron chi connectivity index (χ1n) is 2.03. The number of hydrogen-bond donors (Lipinski definition) is 0. The van der Waals surface area contributed by atoms with Gasteiger partial charge in [-0.2, -0.15) is 0 Å². The third-order valence-corrected chi connectivity index (χ3v) is 0.458. The Hall–Kier alpha value is -0.790. The van der Waals surface area contributed by atoms with E-state index in [-0.39, 0.29) is 5.78 Å². The van der Waals surface area contributed by atoms with E-state index >= 15 is 0 Å². The van der Waals surface area contributed by atoms with Crippen molar-refractivity contribution in [1.82, 2.24) is 5.32 Å². The molecule has 0 aromatic heterocycles. The highest BCUT2D eigenvalue weighted by Crippen LogP contribution is 1.68. The lowest BCUT2D eigenvalue weighted by Gasteiger charge is -1.75. The van der Waals surface area contributed by atoms with Crippen LogP contribution in [0, 0.1) is 0 Å². The zero-order valence-corrected chi connectivity index (χ0v) is 4.51. The minimum atomic E-state index is 0.0330. The molecule has 0 spiro atoms. The van der Waals surface area contributed by atoms with Crippen molar-refractivity contribution in [3.05, 3.63) is 12.3 Å².